The van der Waals surface area contributed by atoms with Crippen LogP contribution in [0.25, 0.3) is 0 Å². The van der Waals surface area contributed by atoms with E-state index in [1.54, 1.807) is 7.11 Å². The van der Waals surface area contributed by atoms with E-state index in [0.29, 0.717) is 5.84 Å². The van der Waals surface area contributed by atoms with Crippen molar-refractivity contribution in [1.29, 1.82) is 0 Å². The van der Waals surface area contributed by atoms with Gasteiger partial charge in [0, 0.05) is 12.1 Å². The lowest BCUT2D eigenvalue weighted by atomic mass is 10.2. The molecule has 1 aromatic rings. The molecule has 1 aromatic carbocycles. The van der Waals surface area contributed by atoms with E-state index in [0.717, 1.165) is 37.5 Å². The Morgan fingerprint density at radius 1 is 1.22 bits per heavy atom. The van der Waals surface area contributed by atoms with Gasteiger partial charge in [0.05, 0.1) is 13.7 Å². The molecule has 0 aromatic heterocycles. The molecule has 0 radical (unpaired) electrons. The molecule has 0 heterocycles. The van der Waals surface area contributed by atoms with Crippen molar-refractivity contribution in [2.24, 2.45) is 10.7 Å². The van der Waals surface area contributed by atoms with Crippen LogP contribution < -0.4 is 10.5 Å². The highest BCUT2D eigenvalue weighted by Gasteiger charge is 2.00. The fourth-order valence-corrected chi connectivity index (χ4v) is 1.70. The first-order valence-electron chi connectivity index (χ1n) is 6.38. The largest absolute Gasteiger partial charge is 0.497 e. The van der Waals surface area contributed by atoms with Crippen molar-refractivity contribution in [3.05, 3.63) is 29.8 Å². The minimum Gasteiger partial charge on any atom is -0.497 e. The highest BCUT2D eigenvalue weighted by Crippen LogP contribution is 2.10. The number of ether oxygens (including phenoxy) is 1. The minimum absolute atomic E-state index is 0.588. The Labute approximate surface area is 109 Å². The van der Waals surface area contributed by atoms with Crippen molar-refractivity contribution < 1.29 is 4.74 Å². The summed E-state index contributed by atoms with van der Waals surface area (Å²) in [4.78, 5) is 6.72. The number of hydrogen-bond acceptors (Lipinski definition) is 3. The quantitative estimate of drug-likeness (QED) is 0.591. The van der Waals surface area contributed by atoms with Crippen LogP contribution in [0.15, 0.2) is 29.3 Å². The molecule has 0 aliphatic rings. The molecule has 18 heavy (non-hydrogen) atoms. The van der Waals surface area contributed by atoms with Crippen molar-refractivity contribution in [1.82, 2.24) is 4.90 Å². The molecule has 0 aliphatic heterocycles. The van der Waals surface area contributed by atoms with Gasteiger partial charge < -0.3 is 15.4 Å². The molecule has 0 unspecified atom stereocenters. The molecular weight excluding hydrogens is 226 g/mol. The van der Waals surface area contributed by atoms with Crippen LogP contribution in [0.4, 0.5) is 0 Å². The molecule has 0 fully saturated rings. The fourth-order valence-electron chi connectivity index (χ4n) is 1.70. The second kappa shape index (κ2) is 7.71. The van der Waals surface area contributed by atoms with Gasteiger partial charge in [-0.2, -0.15) is 0 Å². The Morgan fingerprint density at radius 2 is 1.83 bits per heavy atom. The maximum absolute atomic E-state index is 5.95. The normalized spacial score (nSPS) is 11.9. The molecule has 0 aliphatic carbocycles. The maximum Gasteiger partial charge on any atom is 0.125 e. The number of rotatable bonds is 7. The lowest BCUT2D eigenvalue weighted by Crippen LogP contribution is -2.26. The van der Waals surface area contributed by atoms with Gasteiger partial charge in [-0.05, 0) is 37.4 Å². The molecule has 2 N–H and O–H groups in total. The summed E-state index contributed by atoms with van der Waals surface area (Å²) in [6.45, 7) is 8.09. The van der Waals surface area contributed by atoms with Gasteiger partial charge in [0.15, 0.2) is 0 Å². The number of methoxy groups -OCH3 is 1. The van der Waals surface area contributed by atoms with Crippen molar-refractivity contribution >= 4 is 5.84 Å². The minimum atomic E-state index is 0.588. The molecule has 1 rings (SSSR count). The average Bonchev–Trinajstić information content (AvgIpc) is 2.43. The van der Waals surface area contributed by atoms with Crippen LogP contribution in [0.1, 0.15) is 19.4 Å². The number of hydrogen-bond donors (Lipinski definition) is 1. The zero-order valence-corrected chi connectivity index (χ0v) is 11.5. The molecule has 0 saturated carbocycles. The third-order valence-electron chi connectivity index (χ3n) is 2.98. The molecule has 0 atom stereocenters. The predicted molar refractivity (Wildman–Crippen MR) is 76.4 cm³/mol. The van der Waals surface area contributed by atoms with Gasteiger partial charge in [-0.15, -0.1) is 0 Å². The Hall–Kier alpha value is -1.55. The van der Waals surface area contributed by atoms with Gasteiger partial charge >= 0.3 is 0 Å². The van der Waals surface area contributed by atoms with Crippen molar-refractivity contribution in [2.45, 2.75) is 13.8 Å². The molecule has 100 valence electrons. The summed E-state index contributed by atoms with van der Waals surface area (Å²) in [5.41, 5.74) is 6.89. The molecule has 0 spiro atoms. The second-order valence-electron chi connectivity index (χ2n) is 4.02. The maximum atomic E-state index is 5.95. The molecule has 4 heteroatoms. The molecule has 4 nitrogen and oxygen atoms in total. The highest BCUT2D eigenvalue weighted by molar-refractivity contribution is 5.97. The second-order valence-corrected chi connectivity index (χ2v) is 4.02. The first kappa shape index (κ1) is 14.5. The Bertz CT molecular complexity index is 369. The Morgan fingerprint density at radius 3 is 2.33 bits per heavy atom. The van der Waals surface area contributed by atoms with E-state index < -0.39 is 0 Å². The summed E-state index contributed by atoms with van der Waals surface area (Å²) >= 11 is 0. The van der Waals surface area contributed by atoms with Crippen LogP contribution in [0.5, 0.6) is 5.75 Å². The van der Waals surface area contributed by atoms with Crippen molar-refractivity contribution in [2.75, 3.05) is 33.3 Å². The van der Waals surface area contributed by atoms with Crippen LogP contribution in [0, 0.1) is 0 Å². The average molecular weight is 249 g/mol. The molecule has 0 bridgehead atoms. The van der Waals surface area contributed by atoms with Crippen LogP contribution in [0.2, 0.25) is 0 Å². The summed E-state index contributed by atoms with van der Waals surface area (Å²) < 4.78 is 5.10. The van der Waals surface area contributed by atoms with Crippen molar-refractivity contribution in [3.8, 4) is 5.75 Å². The predicted octanol–water partition coefficient (Wildman–Crippen LogP) is 1.74. The van der Waals surface area contributed by atoms with E-state index in [1.165, 1.54) is 0 Å². The number of aliphatic imine (C=N–C) groups is 1. The first-order chi connectivity index (χ1) is 8.71. The Kier molecular flexibility index (Phi) is 6.22. The zero-order chi connectivity index (χ0) is 13.4. The van der Waals surface area contributed by atoms with E-state index in [-0.39, 0.29) is 0 Å². The van der Waals surface area contributed by atoms with Gasteiger partial charge in [0.1, 0.15) is 11.6 Å². The number of likely N-dealkylation sites (N-methyl/N-ethyl adjacent to an activating group) is 1. The molecule has 0 amide bonds. The summed E-state index contributed by atoms with van der Waals surface area (Å²) in [6.07, 6.45) is 0. The summed E-state index contributed by atoms with van der Waals surface area (Å²) in [5, 5.41) is 0. The van der Waals surface area contributed by atoms with E-state index in [4.69, 9.17) is 10.5 Å². The van der Waals surface area contributed by atoms with Crippen LogP contribution in [-0.2, 0) is 0 Å². The van der Waals surface area contributed by atoms with Crippen LogP contribution in [0.3, 0.4) is 0 Å². The van der Waals surface area contributed by atoms with E-state index in [2.05, 4.69) is 23.7 Å². The van der Waals surface area contributed by atoms with Gasteiger partial charge in [0.25, 0.3) is 0 Å². The zero-order valence-electron chi connectivity index (χ0n) is 11.5. The standard InChI is InChI=1S/C14H23N3O/c1-4-17(5-2)11-10-16-14(15)12-6-8-13(18-3)9-7-12/h6-9H,4-5,10-11H2,1-3H3,(H2,15,16). The summed E-state index contributed by atoms with van der Waals surface area (Å²) in [7, 11) is 1.65. The summed E-state index contributed by atoms with van der Waals surface area (Å²) in [6, 6.07) is 7.63. The molecule has 0 saturated heterocycles. The Balaban J connectivity index is 2.54. The topological polar surface area (TPSA) is 50.8 Å². The van der Waals surface area contributed by atoms with E-state index in [9.17, 15) is 0 Å². The monoisotopic (exact) mass is 249 g/mol. The smallest absolute Gasteiger partial charge is 0.125 e. The van der Waals surface area contributed by atoms with Gasteiger partial charge in [-0.3, -0.25) is 4.99 Å². The number of nitrogens with two attached hydrogens (primary N) is 1. The number of nitrogens with zero attached hydrogens (tertiary/aromatic N) is 2. The van der Waals surface area contributed by atoms with Gasteiger partial charge in [0.2, 0.25) is 0 Å². The SMILES string of the molecule is CCN(CC)CCN=C(N)c1ccc(OC)cc1. The lowest BCUT2D eigenvalue weighted by Gasteiger charge is -2.16. The number of amidine groups is 1. The van der Waals surface area contributed by atoms with Crippen molar-refractivity contribution in [3.63, 3.8) is 0 Å². The van der Waals surface area contributed by atoms with Gasteiger partial charge in [-0.1, -0.05) is 13.8 Å². The van der Waals surface area contributed by atoms with E-state index in [1.807, 2.05) is 24.3 Å². The third kappa shape index (κ3) is 4.37. The highest BCUT2D eigenvalue weighted by atomic mass is 16.5. The van der Waals surface area contributed by atoms with E-state index >= 15 is 0 Å². The summed E-state index contributed by atoms with van der Waals surface area (Å²) in [5.74, 6) is 1.42. The first-order valence-corrected chi connectivity index (χ1v) is 6.38. The van der Waals surface area contributed by atoms with Crippen LogP contribution in [-0.4, -0.2) is 44.0 Å². The third-order valence-corrected chi connectivity index (χ3v) is 2.98. The lowest BCUT2D eigenvalue weighted by molar-refractivity contribution is 0.313. The number of benzene rings is 1. The fraction of sp³-hybridized carbons (Fsp3) is 0.500. The van der Waals surface area contributed by atoms with Crippen LogP contribution >= 0.6 is 0 Å². The van der Waals surface area contributed by atoms with Gasteiger partial charge in [-0.25, -0.2) is 0 Å². The molecular formula is C14H23N3O.